The lowest BCUT2D eigenvalue weighted by Crippen LogP contribution is -2.11. The smallest absolute Gasteiger partial charge is 0.0468 e. The molecule has 0 amide bonds. The lowest BCUT2D eigenvalue weighted by molar-refractivity contribution is 0.607. The molecule has 0 atom stereocenters. The molecule has 0 unspecified atom stereocenters. The highest BCUT2D eigenvalue weighted by Crippen LogP contribution is 2.43. The molecule has 0 N–H and O–H groups in total. The molecule has 58 heavy (non-hydrogen) atoms. The molecule has 2 heteroatoms. The maximum Gasteiger partial charge on any atom is 0.0468 e. The van der Waals surface area contributed by atoms with E-state index in [0.717, 1.165) is 30.6 Å². The van der Waals surface area contributed by atoms with Crippen molar-refractivity contribution in [2.75, 3.05) is 9.80 Å². The first kappa shape index (κ1) is 37.5. The van der Waals surface area contributed by atoms with Crippen LogP contribution in [0, 0.1) is 0 Å². The molecule has 0 radical (unpaired) electrons. The number of rotatable bonds is 16. The zero-order valence-corrected chi connectivity index (χ0v) is 33.9. The molecule has 0 saturated heterocycles. The normalized spacial score (nSPS) is 12.0. The Balaban J connectivity index is 1.25. The van der Waals surface area contributed by atoms with Crippen LogP contribution < -0.4 is 9.80 Å². The molecule has 0 bridgehead atoms. The highest BCUT2D eigenvalue weighted by Gasteiger charge is 2.21. The van der Waals surface area contributed by atoms with Crippen molar-refractivity contribution < 1.29 is 0 Å². The van der Waals surface area contributed by atoms with Gasteiger partial charge in [-0.05, 0) is 161 Å². The molecule has 9 rings (SSSR count). The van der Waals surface area contributed by atoms with Crippen LogP contribution in [0.4, 0.5) is 34.1 Å². The monoisotopic (exact) mass is 754 g/mol. The third kappa shape index (κ3) is 7.89. The zero-order chi connectivity index (χ0) is 39.1. The van der Waals surface area contributed by atoms with E-state index in [9.17, 15) is 0 Å². The molecular weight excluding hydrogens is 701 g/mol. The largest absolute Gasteiger partial charge is 0.310 e. The fourth-order valence-electron chi connectivity index (χ4n) is 9.17. The number of hydrogen-bond donors (Lipinski definition) is 0. The average molecular weight is 755 g/mol. The van der Waals surface area contributed by atoms with Gasteiger partial charge in [-0.15, -0.1) is 0 Å². The Morgan fingerprint density at radius 1 is 0.345 bits per heavy atom. The van der Waals surface area contributed by atoms with Crippen molar-refractivity contribution in [3.05, 3.63) is 204 Å². The van der Waals surface area contributed by atoms with Gasteiger partial charge >= 0.3 is 0 Å². The molecule has 0 fully saturated rings. The van der Waals surface area contributed by atoms with Crippen LogP contribution in [0.3, 0.4) is 0 Å². The Hall–Kier alpha value is -6.12. The number of anilines is 6. The van der Waals surface area contributed by atoms with Crippen LogP contribution in [-0.2, 0) is 32.1 Å². The molecule has 0 aliphatic heterocycles. The van der Waals surface area contributed by atoms with Gasteiger partial charge in [0.25, 0.3) is 0 Å². The van der Waals surface area contributed by atoms with Gasteiger partial charge in [0.15, 0.2) is 0 Å². The number of hydrogen-bond acceptors (Lipinski definition) is 2. The van der Waals surface area contributed by atoms with Gasteiger partial charge in [0.2, 0.25) is 0 Å². The van der Waals surface area contributed by atoms with Crippen molar-refractivity contribution in [3.63, 3.8) is 0 Å². The van der Waals surface area contributed by atoms with E-state index in [1.807, 2.05) is 0 Å². The van der Waals surface area contributed by atoms with Gasteiger partial charge in [0.1, 0.15) is 0 Å². The predicted octanol–water partition coefficient (Wildman–Crippen LogP) is 15.7. The zero-order valence-electron chi connectivity index (χ0n) is 33.9. The van der Waals surface area contributed by atoms with Crippen LogP contribution in [0.15, 0.2) is 176 Å². The minimum atomic E-state index is 1.00. The minimum Gasteiger partial charge on any atom is -0.310 e. The number of unbranched alkanes of at least 4 members (excludes halogenated alkanes) is 5. The Morgan fingerprint density at radius 3 is 1.24 bits per heavy atom. The Labute approximate surface area is 345 Å². The second-order valence-corrected chi connectivity index (χ2v) is 16.1. The maximum atomic E-state index is 2.50. The molecule has 1 aliphatic rings. The van der Waals surface area contributed by atoms with Crippen LogP contribution in [0.25, 0.3) is 21.5 Å². The number of benzene rings is 8. The molecule has 8 aromatic carbocycles. The minimum absolute atomic E-state index is 1.00. The molecule has 288 valence electrons. The highest BCUT2D eigenvalue weighted by atomic mass is 15.1. The summed E-state index contributed by atoms with van der Waals surface area (Å²) in [5.74, 6) is 0. The van der Waals surface area contributed by atoms with E-state index in [0.29, 0.717) is 0 Å². The average Bonchev–Trinajstić information content (AvgIpc) is 3.27. The number of fused-ring (bicyclic) bond motifs is 4. The van der Waals surface area contributed by atoms with Crippen LogP contribution in [-0.4, -0.2) is 0 Å². The lowest BCUT2D eigenvalue weighted by atomic mass is 9.84. The summed E-state index contributed by atoms with van der Waals surface area (Å²) in [5, 5.41) is 5.43. The van der Waals surface area contributed by atoms with Crippen molar-refractivity contribution in [2.45, 2.75) is 77.6 Å². The summed E-state index contributed by atoms with van der Waals surface area (Å²) < 4.78 is 0. The fourth-order valence-corrected chi connectivity index (χ4v) is 9.17. The third-order valence-electron chi connectivity index (χ3n) is 12.3. The summed E-state index contributed by atoms with van der Waals surface area (Å²) in [6.45, 7) is 2.31. The summed E-state index contributed by atoms with van der Waals surface area (Å²) in [6.07, 6.45) is 13.2. The Morgan fingerprint density at radius 2 is 0.793 bits per heavy atom. The van der Waals surface area contributed by atoms with Crippen molar-refractivity contribution in [1.29, 1.82) is 0 Å². The van der Waals surface area contributed by atoms with Crippen LogP contribution in [0.5, 0.6) is 0 Å². The van der Waals surface area contributed by atoms with Gasteiger partial charge < -0.3 is 9.80 Å². The van der Waals surface area contributed by atoms with E-state index < -0.39 is 0 Å². The van der Waals surface area contributed by atoms with Gasteiger partial charge in [0.05, 0.1) is 0 Å². The van der Waals surface area contributed by atoms with E-state index in [4.69, 9.17) is 0 Å². The van der Waals surface area contributed by atoms with Gasteiger partial charge in [-0.3, -0.25) is 0 Å². The second kappa shape index (κ2) is 17.6. The predicted molar refractivity (Wildman–Crippen MR) is 249 cm³/mol. The summed E-state index contributed by atoms with van der Waals surface area (Å²) in [4.78, 5) is 4.83. The SMILES string of the molecule is CCCCCCCCc1c(CCc2ccc3c(c2)CC3)c2cc(N(c3ccccc3)c3ccccc3)ccc2c2ccc(N(c3ccccc3)c3ccccc3)cc12. The third-order valence-corrected chi connectivity index (χ3v) is 12.3. The van der Waals surface area contributed by atoms with Gasteiger partial charge in [0, 0.05) is 34.1 Å². The first-order valence-electron chi connectivity index (χ1n) is 21.7. The second-order valence-electron chi connectivity index (χ2n) is 16.1. The summed E-state index contributed by atoms with van der Waals surface area (Å²) in [7, 11) is 0. The molecule has 0 heterocycles. The standard InChI is InChI=1S/C56H54N2/c1-2-3-4-5-6-19-28-51-52(36-30-42-29-31-43-32-33-44(43)39-42)56-41-50(58(47-24-15-9-16-25-47)48-26-17-10-18-27-48)35-38-54(56)53-37-34-49(40-55(51)53)57(45-20-11-7-12-21-45)46-22-13-8-14-23-46/h7-18,20-27,29,31,34-35,37-41H,2-6,19,28,30,32-33,36H2,1H3. The van der Waals surface area contributed by atoms with E-state index in [1.54, 1.807) is 5.56 Å². The van der Waals surface area contributed by atoms with Crippen molar-refractivity contribution >= 4 is 55.7 Å². The number of nitrogens with zero attached hydrogens (tertiary/aromatic N) is 2. The summed E-state index contributed by atoms with van der Waals surface area (Å²) in [5.41, 5.74) is 14.6. The van der Waals surface area contributed by atoms with E-state index in [1.165, 1.54) is 118 Å². The van der Waals surface area contributed by atoms with Crippen LogP contribution >= 0.6 is 0 Å². The van der Waals surface area contributed by atoms with E-state index in [2.05, 4.69) is 193 Å². The first-order valence-corrected chi connectivity index (χ1v) is 21.7. The van der Waals surface area contributed by atoms with Crippen LogP contribution in [0.1, 0.15) is 73.3 Å². The molecular formula is C56H54N2. The van der Waals surface area contributed by atoms with Crippen LogP contribution in [0.2, 0.25) is 0 Å². The van der Waals surface area contributed by atoms with Gasteiger partial charge in [-0.1, -0.05) is 142 Å². The van der Waals surface area contributed by atoms with Crippen molar-refractivity contribution in [1.82, 2.24) is 0 Å². The molecule has 0 saturated carbocycles. The van der Waals surface area contributed by atoms with E-state index in [-0.39, 0.29) is 0 Å². The lowest BCUT2D eigenvalue weighted by Gasteiger charge is -2.28. The quantitative estimate of drug-likeness (QED) is 0.0716. The number of para-hydroxylation sites is 4. The number of aryl methyl sites for hydroxylation is 5. The molecule has 1 aliphatic carbocycles. The van der Waals surface area contributed by atoms with E-state index >= 15 is 0 Å². The molecule has 0 spiro atoms. The molecule has 0 aromatic heterocycles. The molecule has 8 aromatic rings. The maximum absolute atomic E-state index is 2.50. The first-order chi connectivity index (χ1) is 28.7. The Bertz CT molecular complexity index is 2520. The summed E-state index contributed by atoms with van der Waals surface area (Å²) >= 11 is 0. The Kier molecular flexibility index (Phi) is 11.3. The summed E-state index contributed by atoms with van der Waals surface area (Å²) in [6, 6.07) is 65.1. The van der Waals surface area contributed by atoms with Crippen molar-refractivity contribution in [2.24, 2.45) is 0 Å². The highest BCUT2D eigenvalue weighted by molar-refractivity contribution is 6.13. The fraction of sp³-hybridized carbons (Fsp3) is 0.214. The molecule has 2 nitrogen and oxygen atoms in total. The van der Waals surface area contributed by atoms with Gasteiger partial charge in [-0.25, -0.2) is 0 Å². The van der Waals surface area contributed by atoms with Gasteiger partial charge in [-0.2, -0.15) is 0 Å². The van der Waals surface area contributed by atoms with Crippen molar-refractivity contribution in [3.8, 4) is 0 Å². The topological polar surface area (TPSA) is 6.48 Å².